The van der Waals surface area contributed by atoms with E-state index in [1.54, 1.807) is 0 Å². The van der Waals surface area contributed by atoms with Gasteiger partial charge in [0.2, 0.25) is 0 Å². The molecule has 0 fully saturated rings. The number of fused-ring (bicyclic) bond motifs is 2. The van der Waals surface area contributed by atoms with Crippen LogP contribution in [0.4, 0.5) is 0 Å². The first-order valence-electron chi connectivity index (χ1n) is 8.61. The number of aromatic nitrogens is 4. The van der Waals surface area contributed by atoms with Gasteiger partial charge in [0, 0.05) is 55.6 Å². The van der Waals surface area contributed by atoms with Gasteiger partial charge in [-0.3, -0.25) is 4.90 Å². The lowest BCUT2D eigenvalue weighted by atomic mass is 10.1. The van der Waals surface area contributed by atoms with Gasteiger partial charge in [-0.15, -0.1) is 0 Å². The van der Waals surface area contributed by atoms with Crippen molar-refractivity contribution in [1.82, 2.24) is 24.3 Å². The smallest absolute Gasteiger partial charge is 0.131 e. The number of rotatable bonds is 3. The van der Waals surface area contributed by atoms with Crippen LogP contribution < -0.4 is 0 Å². The summed E-state index contributed by atoms with van der Waals surface area (Å²) >= 11 is 0. The van der Waals surface area contributed by atoms with E-state index in [0.717, 1.165) is 43.4 Å². The Morgan fingerprint density at radius 3 is 2.92 bits per heavy atom. The van der Waals surface area contributed by atoms with E-state index in [9.17, 15) is 0 Å². The number of hydrogen-bond donors (Lipinski definition) is 0. The molecule has 0 aliphatic carbocycles. The molecular formula is C19H23N5. The first-order valence-corrected chi connectivity index (χ1v) is 8.61. The summed E-state index contributed by atoms with van der Waals surface area (Å²) in [6.45, 7) is 9.13. The Hall–Kier alpha value is -2.27. The lowest BCUT2D eigenvalue weighted by molar-refractivity contribution is 0.241. The summed E-state index contributed by atoms with van der Waals surface area (Å²) in [6.07, 6.45) is 5.08. The SMILES string of the molecule is Cc1nc(CN2CCc3nc(C(C)C)ncc3C2)c2ccccn12. The molecule has 0 bridgehead atoms. The first-order chi connectivity index (χ1) is 11.6. The van der Waals surface area contributed by atoms with E-state index < -0.39 is 0 Å². The molecule has 3 aromatic heterocycles. The van der Waals surface area contributed by atoms with Crippen LogP contribution >= 0.6 is 0 Å². The highest BCUT2D eigenvalue weighted by Gasteiger charge is 2.20. The number of hydrogen-bond acceptors (Lipinski definition) is 4. The molecule has 0 unspecified atom stereocenters. The average Bonchev–Trinajstić information content (AvgIpc) is 2.90. The van der Waals surface area contributed by atoms with Crippen molar-refractivity contribution in [3.8, 4) is 0 Å². The van der Waals surface area contributed by atoms with Gasteiger partial charge in [-0.2, -0.15) is 0 Å². The predicted octanol–water partition coefficient (Wildman–Crippen LogP) is 3.11. The lowest BCUT2D eigenvalue weighted by Gasteiger charge is -2.27. The van der Waals surface area contributed by atoms with Gasteiger partial charge in [0.1, 0.15) is 11.6 Å². The first kappa shape index (κ1) is 15.3. The van der Waals surface area contributed by atoms with Crippen LogP contribution in [-0.2, 0) is 19.5 Å². The molecule has 0 saturated carbocycles. The fourth-order valence-corrected chi connectivity index (χ4v) is 3.40. The fourth-order valence-electron chi connectivity index (χ4n) is 3.40. The third-order valence-corrected chi connectivity index (χ3v) is 4.72. The van der Waals surface area contributed by atoms with Gasteiger partial charge in [0.25, 0.3) is 0 Å². The molecule has 5 heteroatoms. The Morgan fingerprint density at radius 2 is 2.08 bits per heavy atom. The summed E-state index contributed by atoms with van der Waals surface area (Å²) in [5.74, 6) is 2.38. The largest absolute Gasteiger partial charge is 0.304 e. The molecule has 3 aromatic rings. The highest BCUT2D eigenvalue weighted by molar-refractivity contribution is 5.53. The Kier molecular flexibility index (Phi) is 3.81. The Morgan fingerprint density at radius 1 is 1.21 bits per heavy atom. The maximum absolute atomic E-state index is 4.77. The van der Waals surface area contributed by atoms with Crippen LogP contribution in [0.5, 0.6) is 0 Å². The van der Waals surface area contributed by atoms with Crippen molar-refractivity contribution in [2.75, 3.05) is 6.54 Å². The minimum Gasteiger partial charge on any atom is -0.304 e. The number of pyridine rings is 1. The van der Waals surface area contributed by atoms with Gasteiger partial charge in [0.15, 0.2) is 0 Å². The summed E-state index contributed by atoms with van der Waals surface area (Å²) in [7, 11) is 0. The molecule has 4 heterocycles. The molecule has 0 amide bonds. The number of nitrogens with zero attached hydrogens (tertiary/aromatic N) is 5. The average molecular weight is 321 g/mol. The molecule has 5 nitrogen and oxygen atoms in total. The van der Waals surface area contributed by atoms with E-state index in [0.29, 0.717) is 5.92 Å². The van der Waals surface area contributed by atoms with Gasteiger partial charge in [-0.25, -0.2) is 15.0 Å². The molecule has 0 radical (unpaired) electrons. The molecule has 0 saturated heterocycles. The van der Waals surface area contributed by atoms with Crippen LogP contribution in [0.3, 0.4) is 0 Å². The second-order valence-electron chi connectivity index (χ2n) is 6.88. The quantitative estimate of drug-likeness (QED) is 0.743. The van der Waals surface area contributed by atoms with Crippen molar-refractivity contribution < 1.29 is 0 Å². The van der Waals surface area contributed by atoms with E-state index in [4.69, 9.17) is 9.97 Å². The van der Waals surface area contributed by atoms with Gasteiger partial charge >= 0.3 is 0 Å². The molecular weight excluding hydrogens is 298 g/mol. The normalized spacial score (nSPS) is 15.2. The molecule has 1 aliphatic heterocycles. The fraction of sp³-hybridized carbons (Fsp3) is 0.421. The van der Waals surface area contributed by atoms with Crippen molar-refractivity contribution in [2.24, 2.45) is 0 Å². The summed E-state index contributed by atoms with van der Waals surface area (Å²) in [5, 5.41) is 0. The molecule has 4 rings (SSSR count). The Labute approximate surface area is 142 Å². The minimum absolute atomic E-state index is 0.383. The summed E-state index contributed by atoms with van der Waals surface area (Å²) in [5.41, 5.74) is 4.82. The van der Waals surface area contributed by atoms with Crippen LogP contribution in [0.1, 0.15) is 48.4 Å². The van der Waals surface area contributed by atoms with Gasteiger partial charge in [-0.1, -0.05) is 19.9 Å². The molecule has 24 heavy (non-hydrogen) atoms. The minimum atomic E-state index is 0.383. The standard InChI is InChI=1S/C19H23N5/c1-13(2)19-20-10-15-11-23(9-7-16(15)22-19)12-17-18-6-4-5-8-24(18)14(3)21-17/h4-6,8,10,13H,7,9,11-12H2,1-3H3. The third kappa shape index (κ3) is 2.69. The molecule has 1 aliphatic rings. The highest BCUT2D eigenvalue weighted by atomic mass is 15.2. The molecule has 0 N–H and O–H groups in total. The predicted molar refractivity (Wildman–Crippen MR) is 93.9 cm³/mol. The van der Waals surface area contributed by atoms with Crippen LogP contribution in [-0.4, -0.2) is 30.8 Å². The van der Waals surface area contributed by atoms with E-state index in [1.807, 2.05) is 12.3 Å². The number of aryl methyl sites for hydroxylation is 1. The Bertz CT molecular complexity index is 881. The van der Waals surface area contributed by atoms with Crippen molar-refractivity contribution in [3.05, 3.63) is 59.2 Å². The summed E-state index contributed by atoms with van der Waals surface area (Å²) < 4.78 is 2.16. The van der Waals surface area contributed by atoms with Gasteiger partial charge in [0.05, 0.1) is 11.2 Å². The topological polar surface area (TPSA) is 46.3 Å². The van der Waals surface area contributed by atoms with Crippen LogP contribution in [0.25, 0.3) is 5.52 Å². The van der Waals surface area contributed by atoms with Gasteiger partial charge < -0.3 is 4.40 Å². The van der Waals surface area contributed by atoms with Crippen molar-refractivity contribution in [2.45, 2.75) is 46.2 Å². The van der Waals surface area contributed by atoms with E-state index >= 15 is 0 Å². The summed E-state index contributed by atoms with van der Waals surface area (Å²) in [6, 6.07) is 6.27. The zero-order valence-corrected chi connectivity index (χ0v) is 14.5. The van der Waals surface area contributed by atoms with Crippen molar-refractivity contribution in [1.29, 1.82) is 0 Å². The maximum atomic E-state index is 4.77. The lowest BCUT2D eigenvalue weighted by Crippen LogP contribution is -2.31. The highest BCUT2D eigenvalue weighted by Crippen LogP contribution is 2.22. The van der Waals surface area contributed by atoms with Crippen LogP contribution in [0.15, 0.2) is 30.6 Å². The Balaban J connectivity index is 1.56. The summed E-state index contributed by atoms with van der Waals surface area (Å²) in [4.78, 5) is 16.5. The van der Waals surface area contributed by atoms with Gasteiger partial charge in [-0.05, 0) is 19.1 Å². The molecule has 0 spiro atoms. The van der Waals surface area contributed by atoms with Crippen molar-refractivity contribution >= 4 is 5.52 Å². The third-order valence-electron chi connectivity index (χ3n) is 4.72. The van der Waals surface area contributed by atoms with Crippen LogP contribution in [0.2, 0.25) is 0 Å². The zero-order chi connectivity index (χ0) is 16.7. The van der Waals surface area contributed by atoms with Crippen molar-refractivity contribution in [3.63, 3.8) is 0 Å². The molecule has 124 valence electrons. The molecule has 0 atom stereocenters. The second kappa shape index (κ2) is 5.98. The second-order valence-corrected chi connectivity index (χ2v) is 6.88. The van der Waals surface area contributed by atoms with E-state index in [1.165, 1.54) is 16.8 Å². The van der Waals surface area contributed by atoms with E-state index in [-0.39, 0.29) is 0 Å². The number of imidazole rings is 1. The maximum Gasteiger partial charge on any atom is 0.131 e. The molecule has 0 aromatic carbocycles. The van der Waals surface area contributed by atoms with Crippen LogP contribution in [0, 0.1) is 6.92 Å². The monoisotopic (exact) mass is 321 g/mol. The zero-order valence-electron chi connectivity index (χ0n) is 14.5. The van der Waals surface area contributed by atoms with E-state index in [2.05, 4.69) is 53.4 Å².